The lowest BCUT2D eigenvalue weighted by atomic mass is 9.98. The molecule has 5 nitrogen and oxygen atoms in total. The maximum atomic E-state index is 6.08. The monoisotopic (exact) mass is 264 g/mol. The fourth-order valence-corrected chi connectivity index (χ4v) is 2.56. The molecule has 0 radical (unpaired) electrons. The number of hydrogen-bond acceptors (Lipinski definition) is 5. The summed E-state index contributed by atoms with van der Waals surface area (Å²) in [7, 11) is 0. The molecule has 3 unspecified atom stereocenters. The van der Waals surface area contributed by atoms with E-state index in [2.05, 4.69) is 29.1 Å². The Morgan fingerprint density at radius 3 is 2.63 bits per heavy atom. The predicted octanol–water partition coefficient (Wildman–Crippen LogP) is 2.69. The van der Waals surface area contributed by atoms with Crippen molar-refractivity contribution in [3.8, 4) is 5.88 Å². The second-order valence-corrected chi connectivity index (χ2v) is 5.77. The maximum Gasteiger partial charge on any atom is 0.242 e. The number of rotatable bonds is 4. The topological polar surface area (TPSA) is 73.1 Å². The highest BCUT2D eigenvalue weighted by Gasteiger charge is 2.30. The summed E-state index contributed by atoms with van der Waals surface area (Å²) in [5, 5.41) is 3.45. The highest BCUT2D eigenvalue weighted by Crippen LogP contribution is 2.35. The minimum absolute atomic E-state index is 0.0514. The molecule has 3 N–H and O–H groups in total. The first kappa shape index (κ1) is 13.9. The van der Waals surface area contributed by atoms with Gasteiger partial charge in [0.05, 0.1) is 6.10 Å². The van der Waals surface area contributed by atoms with Crippen molar-refractivity contribution in [2.45, 2.75) is 52.7 Å². The fourth-order valence-electron chi connectivity index (χ4n) is 2.56. The van der Waals surface area contributed by atoms with Crippen molar-refractivity contribution in [2.75, 3.05) is 11.1 Å². The van der Waals surface area contributed by atoms with E-state index in [0.29, 0.717) is 29.3 Å². The summed E-state index contributed by atoms with van der Waals surface area (Å²) in [6.07, 6.45) is 3.96. The van der Waals surface area contributed by atoms with E-state index in [0.717, 1.165) is 12.3 Å². The van der Waals surface area contributed by atoms with E-state index < -0.39 is 0 Å². The van der Waals surface area contributed by atoms with E-state index in [9.17, 15) is 0 Å². The number of ether oxygens (including phenoxy) is 1. The van der Waals surface area contributed by atoms with E-state index >= 15 is 0 Å². The quantitative estimate of drug-likeness (QED) is 0.874. The summed E-state index contributed by atoms with van der Waals surface area (Å²) < 4.78 is 5.58. The van der Waals surface area contributed by atoms with Gasteiger partial charge in [0, 0.05) is 6.04 Å². The molecule has 1 heterocycles. The zero-order chi connectivity index (χ0) is 14.0. The van der Waals surface area contributed by atoms with Crippen LogP contribution in [0.1, 0.15) is 40.5 Å². The molecule has 19 heavy (non-hydrogen) atoms. The zero-order valence-electron chi connectivity index (χ0n) is 12.2. The Kier molecular flexibility index (Phi) is 4.12. The molecule has 5 heteroatoms. The molecule has 0 aromatic carbocycles. The lowest BCUT2D eigenvalue weighted by Gasteiger charge is -2.21. The molecule has 3 atom stereocenters. The van der Waals surface area contributed by atoms with Gasteiger partial charge in [0.2, 0.25) is 5.88 Å². The van der Waals surface area contributed by atoms with Crippen LogP contribution in [0.2, 0.25) is 0 Å². The summed E-state index contributed by atoms with van der Waals surface area (Å²) in [5.74, 6) is 2.53. The SMILES string of the molecule is CC(C)Oc1ncnc(NC2CCC(C)C2C)c1N. The molecule has 106 valence electrons. The number of anilines is 2. The molecule has 1 aliphatic carbocycles. The molecule has 1 aromatic rings. The van der Waals surface area contributed by atoms with Crippen LogP contribution in [0.25, 0.3) is 0 Å². The molecule has 2 rings (SSSR count). The third-order valence-electron chi connectivity index (χ3n) is 3.98. The van der Waals surface area contributed by atoms with Gasteiger partial charge in [-0.3, -0.25) is 0 Å². The highest BCUT2D eigenvalue weighted by atomic mass is 16.5. The number of nitrogen functional groups attached to an aromatic ring is 1. The molecule has 0 spiro atoms. The van der Waals surface area contributed by atoms with Gasteiger partial charge in [0.25, 0.3) is 0 Å². The van der Waals surface area contributed by atoms with Crippen molar-refractivity contribution in [2.24, 2.45) is 11.8 Å². The average molecular weight is 264 g/mol. The number of nitrogens with two attached hydrogens (primary N) is 1. The van der Waals surface area contributed by atoms with Crippen molar-refractivity contribution < 1.29 is 4.74 Å². The van der Waals surface area contributed by atoms with Gasteiger partial charge in [0.1, 0.15) is 12.0 Å². The number of hydrogen-bond donors (Lipinski definition) is 2. The first-order valence-corrected chi connectivity index (χ1v) is 7.02. The Hall–Kier alpha value is -1.52. The molecule has 1 aromatic heterocycles. The van der Waals surface area contributed by atoms with E-state index in [1.54, 1.807) is 0 Å². The van der Waals surface area contributed by atoms with Crippen LogP contribution >= 0.6 is 0 Å². The first-order valence-electron chi connectivity index (χ1n) is 7.02. The van der Waals surface area contributed by atoms with Gasteiger partial charge in [-0.1, -0.05) is 13.8 Å². The van der Waals surface area contributed by atoms with Crippen LogP contribution in [0.3, 0.4) is 0 Å². The first-order chi connectivity index (χ1) is 8.99. The Morgan fingerprint density at radius 1 is 1.32 bits per heavy atom. The van der Waals surface area contributed by atoms with Gasteiger partial charge >= 0.3 is 0 Å². The van der Waals surface area contributed by atoms with Crippen LogP contribution in [-0.2, 0) is 0 Å². The van der Waals surface area contributed by atoms with E-state index in [-0.39, 0.29) is 6.10 Å². The van der Waals surface area contributed by atoms with Crippen molar-refractivity contribution in [1.82, 2.24) is 9.97 Å². The van der Waals surface area contributed by atoms with Gasteiger partial charge < -0.3 is 15.8 Å². The third-order valence-corrected chi connectivity index (χ3v) is 3.98. The lowest BCUT2D eigenvalue weighted by molar-refractivity contribution is 0.234. The second-order valence-electron chi connectivity index (χ2n) is 5.77. The largest absolute Gasteiger partial charge is 0.473 e. The van der Waals surface area contributed by atoms with E-state index in [1.807, 2.05) is 13.8 Å². The Bertz CT molecular complexity index is 435. The molecule has 0 bridgehead atoms. The average Bonchev–Trinajstić information content (AvgIpc) is 2.65. The minimum atomic E-state index is 0.0514. The number of aromatic nitrogens is 2. The summed E-state index contributed by atoms with van der Waals surface area (Å²) in [4.78, 5) is 8.33. The van der Waals surface area contributed by atoms with Crippen LogP contribution in [0.15, 0.2) is 6.33 Å². The van der Waals surface area contributed by atoms with E-state index in [1.165, 1.54) is 12.7 Å². The van der Waals surface area contributed by atoms with Crippen molar-refractivity contribution >= 4 is 11.5 Å². The Balaban J connectivity index is 2.12. The van der Waals surface area contributed by atoms with Crippen LogP contribution in [-0.4, -0.2) is 22.1 Å². The van der Waals surface area contributed by atoms with Crippen LogP contribution in [0.5, 0.6) is 5.88 Å². The third kappa shape index (κ3) is 3.08. The zero-order valence-corrected chi connectivity index (χ0v) is 12.2. The molecule has 1 fully saturated rings. The highest BCUT2D eigenvalue weighted by molar-refractivity contribution is 5.66. The van der Waals surface area contributed by atoms with Gasteiger partial charge in [-0.2, -0.15) is 4.98 Å². The standard InChI is InChI=1S/C14H24N4O/c1-8(2)19-14-12(15)13(16-7-17-14)18-11-6-5-9(3)10(11)4/h7-11H,5-6,15H2,1-4H3,(H,16,17,18). The predicted molar refractivity (Wildman–Crippen MR) is 77.2 cm³/mol. The molecule has 1 aliphatic rings. The van der Waals surface area contributed by atoms with Gasteiger partial charge in [-0.25, -0.2) is 4.98 Å². The van der Waals surface area contributed by atoms with E-state index in [4.69, 9.17) is 10.5 Å². The van der Waals surface area contributed by atoms with Gasteiger partial charge in [-0.05, 0) is 38.5 Å². The van der Waals surface area contributed by atoms with Gasteiger partial charge in [-0.15, -0.1) is 0 Å². The fraction of sp³-hybridized carbons (Fsp3) is 0.714. The number of nitrogens with one attached hydrogen (secondary N) is 1. The van der Waals surface area contributed by atoms with Crippen molar-refractivity contribution in [3.05, 3.63) is 6.33 Å². The van der Waals surface area contributed by atoms with Crippen LogP contribution in [0.4, 0.5) is 11.5 Å². The summed E-state index contributed by atoms with van der Waals surface area (Å²) in [6.45, 7) is 8.48. The van der Waals surface area contributed by atoms with Crippen molar-refractivity contribution in [3.63, 3.8) is 0 Å². The van der Waals surface area contributed by atoms with Crippen LogP contribution in [0, 0.1) is 11.8 Å². The minimum Gasteiger partial charge on any atom is -0.473 e. The Morgan fingerprint density at radius 2 is 2.05 bits per heavy atom. The Labute approximate surface area is 115 Å². The molecule has 1 saturated carbocycles. The smallest absolute Gasteiger partial charge is 0.242 e. The maximum absolute atomic E-state index is 6.08. The second kappa shape index (κ2) is 5.63. The van der Waals surface area contributed by atoms with Crippen LogP contribution < -0.4 is 15.8 Å². The molecule has 0 saturated heterocycles. The summed E-state index contributed by atoms with van der Waals surface area (Å²) in [5.41, 5.74) is 6.58. The molecular formula is C14H24N4O. The molecule has 0 amide bonds. The summed E-state index contributed by atoms with van der Waals surface area (Å²) >= 11 is 0. The van der Waals surface area contributed by atoms with Gasteiger partial charge in [0.15, 0.2) is 5.82 Å². The van der Waals surface area contributed by atoms with Crippen molar-refractivity contribution in [1.29, 1.82) is 0 Å². The number of nitrogens with zero attached hydrogens (tertiary/aromatic N) is 2. The lowest BCUT2D eigenvalue weighted by Crippen LogP contribution is -2.25. The molecular weight excluding hydrogens is 240 g/mol. The summed E-state index contributed by atoms with van der Waals surface area (Å²) in [6, 6.07) is 0.430. The normalized spacial score (nSPS) is 26.7. The molecule has 0 aliphatic heterocycles.